The normalized spacial score (nSPS) is 14.1. The summed E-state index contributed by atoms with van der Waals surface area (Å²) in [4.78, 5) is 12.0. The van der Waals surface area contributed by atoms with Crippen LogP contribution in [-0.2, 0) is 0 Å². The minimum atomic E-state index is 0.445. The van der Waals surface area contributed by atoms with Crippen LogP contribution in [0.2, 0.25) is 0 Å². The molecule has 3 aromatic rings. The minimum Gasteiger partial charge on any atom is -0.407 e. The zero-order valence-corrected chi connectivity index (χ0v) is 11.8. The molecule has 0 aliphatic heterocycles. The molecule has 4 rings (SSSR count). The molecular weight excluding hydrogens is 276 g/mol. The van der Waals surface area contributed by atoms with Crippen LogP contribution in [0, 0.1) is 6.57 Å². The van der Waals surface area contributed by atoms with Crippen LogP contribution in [-0.4, -0.2) is 14.5 Å². The minimum absolute atomic E-state index is 0.445. The van der Waals surface area contributed by atoms with Gasteiger partial charge in [-0.25, -0.2) is 14.8 Å². The summed E-state index contributed by atoms with van der Waals surface area (Å²) in [7, 11) is 0. The highest BCUT2D eigenvalue weighted by atomic mass is 15.1. The summed E-state index contributed by atoms with van der Waals surface area (Å²) in [6.07, 6.45) is 5.87. The topological polar surface area (TPSA) is 87.1 Å². The summed E-state index contributed by atoms with van der Waals surface area (Å²) in [5.74, 6) is 0.459. The maximum Gasteiger partial charge on any atom is 0.209 e. The second-order valence-electron chi connectivity index (χ2n) is 5.52. The summed E-state index contributed by atoms with van der Waals surface area (Å²) in [5.41, 5.74) is 15.5. The number of rotatable bonds is 2. The van der Waals surface area contributed by atoms with Crippen LogP contribution in [0.4, 0.5) is 17.2 Å². The number of hydrogen-bond acceptors (Lipinski definition) is 4. The zero-order valence-electron chi connectivity index (χ0n) is 11.8. The first-order valence-electron chi connectivity index (χ1n) is 7.07. The van der Waals surface area contributed by atoms with E-state index in [4.69, 9.17) is 18.0 Å². The van der Waals surface area contributed by atoms with Crippen molar-refractivity contribution in [2.75, 3.05) is 11.5 Å². The van der Waals surface area contributed by atoms with Crippen LogP contribution >= 0.6 is 0 Å². The summed E-state index contributed by atoms with van der Waals surface area (Å²) in [6.45, 7) is 7.22. The smallest absolute Gasteiger partial charge is 0.209 e. The fourth-order valence-electron chi connectivity index (χ4n) is 2.77. The van der Waals surface area contributed by atoms with Gasteiger partial charge in [0.25, 0.3) is 0 Å². The molecule has 0 bridgehead atoms. The van der Waals surface area contributed by atoms with Crippen LogP contribution in [0.1, 0.15) is 18.9 Å². The molecule has 1 aliphatic rings. The second-order valence-corrected chi connectivity index (χ2v) is 5.52. The number of nitrogens with zero attached hydrogens (tertiary/aromatic N) is 4. The molecule has 1 fully saturated rings. The molecule has 0 amide bonds. The molecule has 2 heterocycles. The monoisotopic (exact) mass is 290 g/mol. The molecule has 0 saturated heterocycles. The third kappa shape index (κ3) is 1.79. The lowest BCUT2D eigenvalue weighted by Gasteiger charge is -2.03. The van der Waals surface area contributed by atoms with Crippen molar-refractivity contribution in [3.8, 4) is 11.1 Å². The molecule has 0 unspecified atom stereocenters. The number of benzene rings is 1. The molecule has 1 aromatic carbocycles. The molecule has 0 atom stereocenters. The number of anilines is 2. The second kappa shape index (κ2) is 4.46. The highest BCUT2D eigenvalue weighted by Crippen LogP contribution is 2.42. The van der Waals surface area contributed by atoms with Gasteiger partial charge >= 0.3 is 0 Å². The van der Waals surface area contributed by atoms with E-state index in [-0.39, 0.29) is 0 Å². The third-order valence-electron chi connectivity index (χ3n) is 4.04. The van der Waals surface area contributed by atoms with Gasteiger partial charge < -0.3 is 16.0 Å². The van der Waals surface area contributed by atoms with Crippen molar-refractivity contribution >= 4 is 28.2 Å². The molecule has 6 nitrogen and oxygen atoms in total. The first kappa shape index (κ1) is 12.7. The Kier molecular flexibility index (Phi) is 2.57. The molecule has 22 heavy (non-hydrogen) atoms. The van der Waals surface area contributed by atoms with Crippen LogP contribution in [0.3, 0.4) is 0 Å². The van der Waals surface area contributed by atoms with Crippen molar-refractivity contribution in [2.45, 2.75) is 18.9 Å². The highest BCUT2D eigenvalue weighted by Gasteiger charge is 2.27. The molecule has 4 N–H and O–H groups in total. The molecule has 0 spiro atoms. The van der Waals surface area contributed by atoms with E-state index in [1.54, 1.807) is 12.1 Å². The van der Waals surface area contributed by atoms with E-state index < -0.39 is 0 Å². The highest BCUT2D eigenvalue weighted by molar-refractivity contribution is 6.01. The van der Waals surface area contributed by atoms with Crippen LogP contribution in [0.5, 0.6) is 0 Å². The number of aromatic nitrogens is 3. The Morgan fingerprint density at radius 2 is 2.05 bits per heavy atom. The Morgan fingerprint density at radius 3 is 2.77 bits per heavy atom. The van der Waals surface area contributed by atoms with Gasteiger partial charge in [0.2, 0.25) is 5.69 Å². The predicted molar refractivity (Wildman–Crippen MR) is 86.3 cm³/mol. The first-order chi connectivity index (χ1) is 10.7. The molecule has 6 heteroatoms. The van der Waals surface area contributed by atoms with Gasteiger partial charge in [-0.15, -0.1) is 0 Å². The molecule has 2 aromatic heterocycles. The van der Waals surface area contributed by atoms with Crippen LogP contribution in [0.15, 0.2) is 30.7 Å². The summed E-state index contributed by atoms with van der Waals surface area (Å²) in [6, 6.07) is 5.94. The molecule has 1 saturated carbocycles. The number of nitrogens with two attached hydrogens (primary N) is 2. The van der Waals surface area contributed by atoms with Gasteiger partial charge in [-0.1, -0.05) is 6.07 Å². The third-order valence-corrected chi connectivity index (χ3v) is 4.04. The van der Waals surface area contributed by atoms with E-state index in [9.17, 15) is 0 Å². The Hall–Kier alpha value is -3.07. The van der Waals surface area contributed by atoms with Crippen molar-refractivity contribution in [3.05, 3.63) is 42.1 Å². The van der Waals surface area contributed by atoms with Crippen molar-refractivity contribution in [1.29, 1.82) is 0 Å². The van der Waals surface area contributed by atoms with Gasteiger partial charge in [0, 0.05) is 23.5 Å². The molecule has 1 aliphatic carbocycles. The summed E-state index contributed by atoms with van der Waals surface area (Å²) in [5, 5.41) is 0.843. The van der Waals surface area contributed by atoms with E-state index in [0.29, 0.717) is 23.2 Å². The fraction of sp³-hybridized carbons (Fsp3) is 0.188. The van der Waals surface area contributed by atoms with E-state index in [2.05, 4.69) is 25.6 Å². The van der Waals surface area contributed by atoms with Gasteiger partial charge in [0.1, 0.15) is 17.8 Å². The van der Waals surface area contributed by atoms with Crippen molar-refractivity contribution < 1.29 is 0 Å². The van der Waals surface area contributed by atoms with Gasteiger partial charge in [0.05, 0.1) is 12.0 Å². The van der Waals surface area contributed by atoms with E-state index in [0.717, 1.165) is 35.0 Å². The predicted octanol–water partition coefficient (Wildman–Crippen LogP) is 3.15. The quantitative estimate of drug-likeness (QED) is 0.560. The first-order valence-corrected chi connectivity index (χ1v) is 7.07. The number of fused-ring (bicyclic) bond motifs is 1. The standard InChI is InChI=1S/C16H14N6/c1-19-13-6-9(2-5-12(13)17)11-7-22(10-3-4-10)16-14(11)15(18)20-8-21-16/h2,5-8,10H,3-4,17H2,(H2,18,20,21). The largest absolute Gasteiger partial charge is 0.407 e. The maximum absolute atomic E-state index is 7.22. The Bertz CT molecular complexity index is 930. The Morgan fingerprint density at radius 1 is 1.23 bits per heavy atom. The average Bonchev–Trinajstić information content (AvgIpc) is 3.29. The number of hydrogen-bond donors (Lipinski definition) is 2. The van der Waals surface area contributed by atoms with Crippen molar-refractivity contribution in [1.82, 2.24) is 14.5 Å². The summed E-state index contributed by atoms with van der Waals surface area (Å²) >= 11 is 0. The van der Waals surface area contributed by atoms with E-state index >= 15 is 0 Å². The molecule has 0 radical (unpaired) electrons. The SMILES string of the molecule is [C-]#[N+]c1cc(-c2cn(C3CC3)c3ncnc(N)c23)ccc1N. The average molecular weight is 290 g/mol. The lowest BCUT2D eigenvalue weighted by atomic mass is 10.0. The van der Waals surface area contributed by atoms with Crippen LogP contribution < -0.4 is 11.5 Å². The Balaban J connectivity index is 2.01. The zero-order chi connectivity index (χ0) is 15.3. The van der Waals surface area contributed by atoms with Gasteiger partial charge in [-0.3, -0.25) is 0 Å². The van der Waals surface area contributed by atoms with Crippen molar-refractivity contribution in [2.24, 2.45) is 0 Å². The van der Waals surface area contributed by atoms with E-state index in [1.165, 1.54) is 6.33 Å². The maximum atomic E-state index is 7.22. The number of nitrogen functional groups attached to an aromatic ring is 2. The lowest BCUT2D eigenvalue weighted by molar-refractivity contribution is 0.766. The van der Waals surface area contributed by atoms with E-state index in [1.807, 2.05) is 6.07 Å². The summed E-state index contributed by atoms with van der Waals surface area (Å²) < 4.78 is 2.16. The van der Waals surface area contributed by atoms with Crippen molar-refractivity contribution in [3.63, 3.8) is 0 Å². The van der Waals surface area contributed by atoms with Gasteiger partial charge in [0.15, 0.2) is 0 Å². The molecular formula is C16H14N6. The van der Waals surface area contributed by atoms with Crippen LogP contribution in [0.25, 0.3) is 27.0 Å². The fourth-order valence-corrected chi connectivity index (χ4v) is 2.77. The van der Waals surface area contributed by atoms with Gasteiger partial charge in [-0.05, 0) is 30.5 Å². The lowest BCUT2D eigenvalue weighted by Crippen LogP contribution is -1.96. The van der Waals surface area contributed by atoms with Gasteiger partial charge in [-0.2, -0.15) is 0 Å². The molecule has 108 valence electrons. The Labute approximate surface area is 127 Å².